The minimum absolute atomic E-state index is 0.0617. The Balaban J connectivity index is 2.59. The van der Waals surface area contributed by atoms with Crippen LogP contribution in [0.5, 0.6) is 0 Å². The summed E-state index contributed by atoms with van der Waals surface area (Å²) in [4.78, 5) is 0. The molecule has 17 heavy (non-hydrogen) atoms. The third kappa shape index (κ3) is 2.29. The van der Waals surface area contributed by atoms with E-state index in [0.717, 1.165) is 18.9 Å². The molecule has 94 valence electrons. The highest BCUT2D eigenvalue weighted by atomic mass is 35.5. The maximum Gasteiger partial charge on any atom is 0.416 e. The molecule has 0 amide bonds. The lowest BCUT2D eigenvalue weighted by molar-refractivity contribution is -0.138. The molecule has 0 aliphatic heterocycles. The lowest BCUT2D eigenvalue weighted by Crippen LogP contribution is -2.36. The molecule has 0 unspecified atom stereocenters. The molecule has 1 saturated carbocycles. The molecule has 0 atom stereocenters. The zero-order valence-corrected chi connectivity index (χ0v) is 9.91. The molecule has 0 spiro atoms. The summed E-state index contributed by atoms with van der Waals surface area (Å²) in [7, 11) is 0. The zero-order valence-electron chi connectivity index (χ0n) is 9.15. The number of alkyl halides is 3. The quantitative estimate of drug-likeness (QED) is 0.811. The summed E-state index contributed by atoms with van der Waals surface area (Å²) in [6.45, 7) is 0. The van der Waals surface area contributed by atoms with Crippen LogP contribution in [0.15, 0.2) is 18.2 Å². The van der Waals surface area contributed by atoms with Crippen LogP contribution in [0.4, 0.5) is 13.2 Å². The second-order valence-corrected chi connectivity index (χ2v) is 4.93. The van der Waals surface area contributed by atoms with Gasteiger partial charge in [-0.05, 0) is 25.0 Å². The largest absolute Gasteiger partial charge is 0.416 e. The van der Waals surface area contributed by atoms with Crippen LogP contribution in [0.25, 0.3) is 0 Å². The van der Waals surface area contributed by atoms with Crippen LogP contribution in [-0.4, -0.2) is 0 Å². The van der Waals surface area contributed by atoms with Gasteiger partial charge in [0.25, 0.3) is 0 Å². The predicted molar refractivity (Wildman–Crippen MR) is 60.8 cm³/mol. The fraction of sp³-hybridized carbons (Fsp3) is 0.500. The monoisotopic (exact) mass is 263 g/mol. The number of rotatable bonds is 1. The fourth-order valence-electron chi connectivity index (χ4n) is 2.52. The molecule has 0 saturated heterocycles. The summed E-state index contributed by atoms with van der Waals surface area (Å²) in [5.74, 6) is 0. The van der Waals surface area contributed by atoms with Gasteiger partial charge in [0, 0.05) is 16.1 Å². The molecule has 1 aliphatic carbocycles. The summed E-state index contributed by atoms with van der Waals surface area (Å²) >= 11 is 5.93. The molecule has 5 heteroatoms. The SMILES string of the molecule is NC1(c2c(Cl)cccc2C(F)(F)F)CCCC1. The summed E-state index contributed by atoms with van der Waals surface area (Å²) in [5.41, 5.74) is 4.53. The summed E-state index contributed by atoms with van der Waals surface area (Å²) in [6.07, 6.45) is -1.60. The third-order valence-corrected chi connectivity index (χ3v) is 3.63. The van der Waals surface area contributed by atoms with Crippen LogP contribution in [0, 0.1) is 0 Å². The minimum Gasteiger partial charge on any atom is -0.321 e. The first-order valence-electron chi connectivity index (χ1n) is 5.50. The van der Waals surface area contributed by atoms with Gasteiger partial charge in [-0.25, -0.2) is 0 Å². The number of hydrogen-bond donors (Lipinski definition) is 1. The highest BCUT2D eigenvalue weighted by Crippen LogP contribution is 2.45. The lowest BCUT2D eigenvalue weighted by Gasteiger charge is -2.28. The van der Waals surface area contributed by atoms with Crippen LogP contribution in [-0.2, 0) is 11.7 Å². The maximum absolute atomic E-state index is 12.9. The first-order valence-corrected chi connectivity index (χ1v) is 5.87. The Kier molecular flexibility index (Phi) is 3.12. The van der Waals surface area contributed by atoms with Crippen molar-refractivity contribution in [2.24, 2.45) is 5.73 Å². The Morgan fingerprint density at radius 1 is 1.18 bits per heavy atom. The highest BCUT2D eigenvalue weighted by Gasteiger charge is 2.42. The van der Waals surface area contributed by atoms with Crippen LogP contribution < -0.4 is 5.73 Å². The van der Waals surface area contributed by atoms with Gasteiger partial charge in [-0.15, -0.1) is 0 Å². The van der Waals surface area contributed by atoms with Crippen molar-refractivity contribution in [1.82, 2.24) is 0 Å². The van der Waals surface area contributed by atoms with Gasteiger partial charge in [0.1, 0.15) is 0 Å². The smallest absolute Gasteiger partial charge is 0.321 e. The van der Waals surface area contributed by atoms with Crippen molar-refractivity contribution in [3.8, 4) is 0 Å². The molecule has 1 aliphatic rings. The van der Waals surface area contributed by atoms with Gasteiger partial charge in [-0.3, -0.25) is 0 Å². The van der Waals surface area contributed by atoms with Crippen LogP contribution in [0.3, 0.4) is 0 Å². The van der Waals surface area contributed by atoms with Crippen LogP contribution in [0.1, 0.15) is 36.8 Å². The molecule has 0 aromatic heterocycles. The van der Waals surface area contributed by atoms with E-state index in [9.17, 15) is 13.2 Å². The summed E-state index contributed by atoms with van der Waals surface area (Å²) in [5, 5.41) is 0.115. The van der Waals surface area contributed by atoms with Gasteiger partial charge >= 0.3 is 6.18 Å². The van der Waals surface area contributed by atoms with Crippen molar-refractivity contribution >= 4 is 11.6 Å². The normalized spacial score (nSPS) is 19.6. The molecule has 1 aromatic carbocycles. The molecule has 2 rings (SSSR count). The Labute approximate surface area is 103 Å². The zero-order chi connectivity index (χ0) is 12.7. The number of halogens is 4. The Morgan fingerprint density at radius 3 is 2.29 bits per heavy atom. The van der Waals surface area contributed by atoms with E-state index in [0.29, 0.717) is 12.8 Å². The first-order chi connectivity index (χ1) is 7.84. The Morgan fingerprint density at radius 2 is 1.76 bits per heavy atom. The van der Waals surface area contributed by atoms with Crippen molar-refractivity contribution in [3.63, 3.8) is 0 Å². The molecule has 0 radical (unpaired) electrons. The first kappa shape index (κ1) is 12.7. The predicted octanol–water partition coefficient (Wildman–Crippen LogP) is 4.09. The van der Waals surface area contributed by atoms with E-state index >= 15 is 0 Å². The second kappa shape index (κ2) is 4.18. The van der Waals surface area contributed by atoms with E-state index in [1.165, 1.54) is 12.1 Å². The maximum atomic E-state index is 12.9. The van der Waals surface area contributed by atoms with E-state index in [-0.39, 0.29) is 10.6 Å². The van der Waals surface area contributed by atoms with E-state index < -0.39 is 17.3 Å². The molecule has 0 bridgehead atoms. The molecule has 1 aromatic rings. The van der Waals surface area contributed by atoms with E-state index in [2.05, 4.69) is 0 Å². The van der Waals surface area contributed by atoms with E-state index in [4.69, 9.17) is 17.3 Å². The van der Waals surface area contributed by atoms with Crippen LogP contribution in [0.2, 0.25) is 5.02 Å². The van der Waals surface area contributed by atoms with Gasteiger partial charge in [0.2, 0.25) is 0 Å². The fourth-order valence-corrected chi connectivity index (χ4v) is 2.89. The van der Waals surface area contributed by atoms with Crippen molar-refractivity contribution < 1.29 is 13.2 Å². The van der Waals surface area contributed by atoms with Crippen molar-refractivity contribution in [2.45, 2.75) is 37.4 Å². The number of benzene rings is 1. The van der Waals surface area contributed by atoms with Crippen molar-refractivity contribution in [3.05, 3.63) is 34.3 Å². The lowest BCUT2D eigenvalue weighted by atomic mass is 9.85. The molecule has 1 fully saturated rings. The second-order valence-electron chi connectivity index (χ2n) is 4.52. The van der Waals surface area contributed by atoms with E-state index in [1.54, 1.807) is 0 Å². The Hall–Kier alpha value is -0.740. The standard InChI is InChI=1S/C12H13ClF3N/c13-9-5-3-4-8(12(14,15)16)10(9)11(17)6-1-2-7-11/h3-5H,1-2,6-7,17H2. The Bertz CT molecular complexity index is 422. The molecular formula is C12H13ClF3N. The molecule has 2 N–H and O–H groups in total. The topological polar surface area (TPSA) is 26.0 Å². The average Bonchev–Trinajstić information content (AvgIpc) is 2.64. The number of hydrogen-bond acceptors (Lipinski definition) is 1. The highest BCUT2D eigenvalue weighted by molar-refractivity contribution is 6.31. The van der Waals surface area contributed by atoms with Gasteiger partial charge in [0.15, 0.2) is 0 Å². The molecule has 0 heterocycles. The van der Waals surface area contributed by atoms with Gasteiger partial charge in [-0.1, -0.05) is 30.5 Å². The third-order valence-electron chi connectivity index (χ3n) is 3.31. The minimum atomic E-state index is -4.41. The van der Waals surface area contributed by atoms with Gasteiger partial charge in [-0.2, -0.15) is 13.2 Å². The number of nitrogens with two attached hydrogens (primary N) is 1. The van der Waals surface area contributed by atoms with Gasteiger partial charge < -0.3 is 5.73 Å². The summed E-state index contributed by atoms with van der Waals surface area (Å²) in [6, 6.07) is 3.83. The van der Waals surface area contributed by atoms with E-state index in [1.807, 2.05) is 0 Å². The summed E-state index contributed by atoms with van der Waals surface area (Å²) < 4.78 is 38.8. The van der Waals surface area contributed by atoms with Crippen LogP contribution >= 0.6 is 11.6 Å². The van der Waals surface area contributed by atoms with Gasteiger partial charge in [0.05, 0.1) is 5.56 Å². The average molecular weight is 264 g/mol. The van der Waals surface area contributed by atoms with Crippen molar-refractivity contribution in [2.75, 3.05) is 0 Å². The molecule has 1 nitrogen and oxygen atoms in total. The van der Waals surface area contributed by atoms with Crippen molar-refractivity contribution in [1.29, 1.82) is 0 Å². The molecular weight excluding hydrogens is 251 g/mol.